The molecule has 7 heteroatoms. The monoisotopic (exact) mass is 432 g/mol. The van der Waals surface area contributed by atoms with Crippen LogP contribution in [0, 0.1) is 11.8 Å². The third-order valence-corrected chi connectivity index (χ3v) is 10.4. The van der Waals surface area contributed by atoms with Crippen molar-refractivity contribution in [3.63, 3.8) is 0 Å². The maximum absolute atomic E-state index is 14.0. The minimum absolute atomic E-state index is 0.0791. The lowest BCUT2D eigenvalue weighted by atomic mass is 9.95. The lowest BCUT2D eigenvalue weighted by Crippen LogP contribution is -2.41. The van der Waals surface area contributed by atoms with E-state index in [0.717, 1.165) is 5.56 Å². The van der Waals surface area contributed by atoms with Crippen LogP contribution in [-0.2, 0) is 14.0 Å². The number of carbonyl (C=O) groups excluding carboxylic acids is 1. The first-order valence-corrected chi connectivity index (χ1v) is 13.3. The van der Waals surface area contributed by atoms with Crippen LogP contribution in [0.1, 0.15) is 70.2 Å². The largest absolute Gasteiger partial charge is 0.492 e. The summed E-state index contributed by atoms with van der Waals surface area (Å²) in [4.78, 5) is 12.0. The first-order valence-electron chi connectivity index (χ1n) is 10.4. The summed E-state index contributed by atoms with van der Waals surface area (Å²) in [5.41, 5.74) is -0.0117. The number of ether oxygens (including phenoxy) is 1. The normalized spacial score (nSPS) is 16.3. The molecule has 1 aliphatic carbocycles. The highest BCUT2D eigenvalue weighted by molar-refractivity contribution is 6.74. The average molecular weight is 433 g/mol. The molecule has 0 aliphatic heterocycles. The van der Waals surface area contributed by atoms with Crippen LogP contribution in [0.2, 0.25) is 18.1 Å². The van der Waals surface area contributed by atoms with E-state index in [1.807, 2.05) is 13.8 Å². The van der Waals surface area contributed by atoms with Gasteiger partial charge in [0.2, 0.25) is 5.78 Å². The van der Waals surface area contributed by atoms with Crippen molar-refractivity contribution in [1.29, 1.82) is 0 Å². The molecule has 0 spiro atoms. The molecule has 1 aromatic rings. The van der Waals surface area contributed by atoms with Crippen molar-refractivity contribution in [2.45, 2.75) is 77.2 Å². The second-order valence-electron chi connectivity index (χ2n) is 9.39. The van der Waals surface area contributed by atoms with Crippen LogP contribution in [0.4, 0.5) is 4.39 Å². The van der Waals surface area contributed by atoms with Gasteiger partial charge in [-0.3, -0.25) is 4.79 Å². The van der Waals surface area contributed by atoms with Gasteiger partial charge in [0.15, 0.2) is 14.0 Å². The molecule has 0 amide bonds. The van der Waals surface area contributed by atoms with E-state index < -0.39 is 19.8 Å². The van der Waals surface area contributed by atoms with Crippen LogP contribution in [0.3, 0.4) is 0 Å². The molecule has 1 saturated carbocycles. The standard InChI is InChI=1S/C23H33FN2O3Si/c1-9-28-17(3)21-20(16(2)15-29-30(7,8)22(4,5)6)18(14-25-26-21)10-11-19(27)23(24)12-13-23/h14,16H,3,9,12-13,15H2,1-2,4-8H3. The Morgan fingerprint density at radius 3 is 2.57 bits per heavy atom. The molecule has 1 aliphatic rings. The SMILES string of the molecule is C=C(OCC)c1nncc(C#CC(=O)C2(F)CC2)c1C(C)CO[Si](C)(C)C(C)(C)C. The van der Waals surface area contributed by atoms with Gasteiger partial charge in [0.05, 0.1) is 18.4 Å². The van der Waals surface area contributed by atoms with Crippen molar-refractivity contribution < 1.29 is 18.3 Å². The van der Waals surface area contributed by atoms with E-state index in [-0.39, 0.29) is 23.8 Å². The second kappa shape index (κ2) is 8.99. The first kappa shape index (κ1) is 24.2. The fourth-order valence-corrected chi connectivity index (χ4v) is 3.75. The quantitative estimate of drug-likeness (QED) is 0.327. The van der Waals surface area contributed by atoms with Crippen LogP contribution in [0.25, 0.3) is 5.76 Å². The molecular weight excluding hydrogens is 399 g/mol. The molecule has 0 bridgehead atoms. The smallest absolute Gasteiger partial charge is 0.242 e. The minimum atomic E-state index is -1.96. The Morgan fingerprint density at radius 2 is 2.03 bits per heavy atom. The van der Waals surface area contributed by atoms with E-state index in [2.05, 4.69) is 62.5 Å². The molecule has 0 aromatic carbocycles. The highest BCUT2D eigenvalue weighted by Gasteiger charge is 2.50. The van der Waals surface area contributed by atoms with Gasteiger partial charge in [0.25, 0.3) is 0 Å². The van der Waals surface area contributed by atoms with Gasteiger partial charge in [-0.1, -0.05) is 40.2 Å². The fourth-order valence-electron chi connectivity index (χ4n) is 2.65. The van der Waals surface area contributed by atoms with Crippen LogP contribution in [0.15, 0.2) is 12.8 Å². The summed E-state index contributed by atoms with van der Waals surface area (Å²) in [5.74, 6) is 4.89. The third-order valence-electron chi connectivity index (χ3n) is 5.87. The summed E-state index contributed by atoms with van der Waals surface area (Å²) in [7, 11) is -1.96. The molecule has 1 aromatic heterocycles. The fraction of sp³-hybridized carbons (Fsp3) is 0.609. The Balaban J connectivity index is 2.39. The Hall–Kier alpha value is -2.04. The van der Waals surface area contributed by atoms with Gasteiger partial charge >= 0.3 is 0 Å². The van der Waals surface area contributed by atoms with Crippen LogP contribution in [0.5, 0.6) is 0 Å². The molecule has 1 atom stereocenters. The van der Waals surface area contributed by atoms with Crippen molar-refractivity contribution in [3.8, 4) is 11.8 Å². The van der Waals surface area contributed by atoms with E-state index in [0.29, 0.717) is 30.2 Å². The van der Waals surface area contributed by atoms with Crippen molar-refractivity contribution in [1.82, 2.24) is 10.2 Å². The predicted octanol–water partition coefficient (Wildman–Crippen LogP) is 5.03. The molecule has 1 heterocycles. The Kier molecular flexibility index (Phi) is 7.26. The topological polar surface area (TPSA) is 61.3 Å². The maximum atomic E-state index is 14.0. The minimum Gasteiger partial charge on any atom is -0.492 e. The van der Waals surface area contributed by atoms with Gasteiger partial charge in [0.1, 0.15) is 11.5 Å². The van der Waals surface area contributed by atoms with Crippen molar-refractivity contribution in [2.24, 2.45) is 0 Å². The van der Waals surface area contributed by atoms with E-state index in [9.17, 15) is 9.18 Å². The molecule has 1 unspecified atom stereocenters. The number of alkyl halides is 1. The first-order chi connectivity index (χ1) is 13.8. The number of nitrogens with zero attached hydrogens (tertiary/aromatic N) is 2. The number of carbonyl (C=O) groups is 1. The average Bonchev–Trinajstić information content (AvgIpc) is 3.42. The zero-order valence-corrected chi connectivity index (χ0v) is 20.2. The number of hydrogen-bond acceptors (Lipinski definition) is 5. The number of halogens is 1. The number of rotatable bonds is 8. The zero-order chi connectivity index (χ0) is 22.7. The zero-order valence-electron chi connectivity index (χ0n) is 19.2. The lowest BCUT2D eigenvalue weighted by Gasteiger charge is -2.37. The van der Waals surface area contributed by atoms with Gasteiger partial charge < -0.3 is 9.16 Å². The molecule has 164 valence electrons. The molecule has 30 heavy (non-hydrogen) atoms. The molecule has 5 nitrogen and oxygen atoms in total. The highest BCUT2D eigenvalue weighted by Crippen LogP contribution is 2.40. The third kappa shape index (κ3) is 5.55. The summed E-state index contributed by atoms with van der Waals surface area (Å²) in [6, 6.07) is 0. The van der Waals surface area contributed by atoms with Crippen molar-refractivity contribution >= 4 is 19.9 Å². The van der Waals surface area contributed by atoms with E-state index >= 15 is 0 Å². The molecule has 0 radical (unpaired) electrons. The van der Waals surface area contributed by atoms with Gasteiger partial charge in [0, 0.05) is 18.1 Å². The second-order valence-corrected chi connectivity index (χ2v) is 14.2. The lowest BCUT2D eigenvalue weighted by molar-refractivity contribution is -0.119. The van der Waals surface area contributed by atoms with Gasteiger partial charge in [-0.15, -0.1) is 5.10 Å². The number of hydrogen-bond donors (Lipinski definition) is 0. The van der Waals surface area contributed by atoms with Crippen LogP contribution < -0.4 is 0 Å². The summed E-state index contributed by atoms with van der Waals surface area (Å²) in [6.07, 6.45) is 1.98. The Labute approximate surface area is 180 Å². The number of ketones is 1. The van der Waals surface area contributed by atoms with E-state index in [4.69, 9.17) is 9.16 Å². The molecule has 2 rings (SSSR count). The molecule has 0 saturated heterocycles. The van der Waals surface area contributed by atoms with E-state index in [1.54, 1.807) is 0 Å². The predicted molar refractivity (Wildman–Crippen MR) is 119 cm³/mol. The van der Waals surface area contributed by atoms with Gasteiger partial charge in [-0.2, -0.15) is 5.10 Å². The Bertz CT molecular complexity index is 877. The summed E-state index contributed by atoms with van der Waals surface area (Å²) >= 11 is 0. The molecule has 1 fully saturated rings. The van der Waals surface area contributed by atoms with Crippen LogP contribution in [-0.4, -0.2) is 43.2 Å². The van der Waals surface area contributed by atoms with E-state index in [1.165, 1.54) is 6.20 Å². The maximum Gasteiger partial charge on any atom is 0.242 e. The molecular formula is C23H33FN2O3Si. The highest BCUT2D eigenvalue weighted by atomic mass is 28.4. The number of aromatic nitrogens is 2. The summed E-state index contributed by atoms with van der Waals surface area (Å²) in [6.45, 7) is 19.7. The van der Waals surface area contributed by atoms with Crippen molar-refractivity contribution in [2.75, 3.05) is 13.2 Å². The van der Waals surface area contributed by atoms with Crippen LogP contribution >= 0.6 is 0 Å². The van der Waals surface area contributed by atoms with Crippen molar-refractivity contribution in [3.05, 3.63) is 29.6 Å². The summed E-state index contributed by atoms with van der Waals surface area (Å²) < 4.78 is 26.0. The van der Waals surface area contributed by atoms with Gasteiger partial charge in [-0.05, 0) is 43.8 Å². The molecule has 0 N–H and O–H groups in total. The van der Waals surface area contributed by atoms with Gasteiger partial charge in [-0.25, -0.2) is 4.39 Å². The summed E-state index contributed by atoms with van der Waals surface area (Å²) in [5, 5.41) is 8.30. The Morgan fingerprint density at radius 1 is 1.40 bits per heavy atom. The number of Topliss-reactive ketones (excluding diaryl/α,β-unsaturated/α-hetero) is 1.